The van der Waals surface area contributed by atoms with Gasteiger partial charge in [-0.1, -0.05) is 92.7 Å². The monoisotopic (exact) mass is 1600 g/mol. The lowest BCUT2D eigenvalue weighted by Gasteiger charge is -2.33. The fourth-order valence-corrected chi connectivity index (χ4v) is 11.1. The van der Waals surface area contributed by atoms with Crippen LogP contribution in [0.3, 0.4) is 0 Å². The molecule has 0 spiro atoms. The van der Waals surface area contributed by atoms with Gasteiger partial charge in [0.2, 0.25) is 0 Å². The number of benzene rings is 4. The van der Waals surface area contributed by atoms with E-state index < -0.39 is 29.3 Å². The Morgan fingerprint density at radius 1 is 0.296 bits per heavy atom. The Morgan fingerprint density at radius 3 is 0.800 bits per heavy atom. The van der Waals surface area contributed by atoms with Crippen molar-refractivity contribution in [1.82, 2.24) is 60.0 Å². The van der Waals surface area contributed by atoms with Gasteiger partial charge in [0.05, 0.1) is 136 Å². The second-order valence-electron chi connectivity index (χ2n) is 26.8. The lowest BCUT2D eigenvalue weighted by atomic mass is 9.92. The quantitative estimate of drug-likeness (QED) is 0.0228. The molecule has 4 heterocycles. The number of hydrogen-bond donors (Lipinski definition) is 0. The number of carbonyl (C=O) groups excluding carboxylic acids is 4. The summed E-state index contributed by atoms with van der Waals surface area (Å²) < 4.78 is 114. The summed E-state index contributed by atoms with van der Waals surface area (Å²) in [5.74, 6) is 1.42. The maximum atomic E-state index is 11.8. The normalized spacial score (nSPS) is 11.4. The van der Waals surface area contributed by atoms with Gasteiger partial charge in [-0.25, -0.2) is 9.36 Å². The van der Waals surface area contributed by atoms with Gasteiger partial charge in [0.25, 0.3) is 0 Å². The van der Waals surface area contributed by atoms with Gasteiger partial charge in [-0.2, -0.15) is 0 Å². The molecule has 0 saturated heterocycles. The SMILES string of the molecule is BCc1ccc(OC(C)=O)c(OCc2cn(CCCOCCOCCCOCC(COCCCOCCOCCCn3cc(COc4cc(CB)ccc4OC(C)=O)nn3)(COCCOCCn3cc(COc4cc(CB)ccc4OC(C)=O)nn3)COCCOCCn3cc(COc4cc(CB)ccc4OC(C)=O)nn3)nn2)c1. The molecule has 115 heavy (non-hydrogen) atoms. The van der Waals surface area contributed by atoms with E-state index in [1.54, 1.807) is 55.4 Å². The predicted molar refractivity (Wildman–Crippen MR) is 427 cm³/mol. The topological polar surface area (TPSA) is 357 Å². The lowest BCUT2D eigenvalue weighted by molar-refractivity contribution is -0.133. The first-order valence-electron chi connectivity index (χ1n) is 39.2. The first-order valence-corrected chi connectivity index (χ1v) is 39.2. The van der Waals surface area contributed by atoms with E-state index in [-0.39, 0.29) is 79.3 Å². The molecule has 0 atom stereocenters. The van der Waals surface area contributed by atoms with Crippen LogP contribution in [0.4, 0.5) is 0 Å². The molecule has 0 amide bonds. The van der Waals surface area contributed by atoms with Crippen LogP contribution in [0.1, 0.15) is 98.4 Å². The highest BCUT2D eigenvalue weighted by Crippen LogP contribution is 2.33. The molecule has 0 radical (unpaired) electrons. The van der Waals surface area contributed by atoms with E-state index >= 15 is 0 Å². The van der Waals surface area contributed by atoms with Crippen LogP contribution in [0.2, 0.25) is 0 Å². The molecule has 0 N–H and O–H groups in total. The average Bonchev–Trinajstić information content (AvgIpc) is 1.72. The molecule has 0 unspecified atom stereocenters. The van der Waals surface area contributed by atoms with Gasteiger partial charge in [0.15, 0.2) is 46.0 Å². The summed E-state index contributed by atoms with van der Waals surface area (Å²) >= 11 is 0. The largest absolute Gasteiger partial charge is 0.483 e. The summed E-state index contributed by atoms with van der Waals surface area (Å²) in [5, 5.41) is 34.0. The van der Waals surface area contributed by atoms with E-state index in [1.165, 1.54) is 27.7 Å². The third-order valence-electron chi connectivity index (χ3n) is 17.1. The molecular weight excluding hydrogens is 1490 g/mol. The van der Waals surface area contributed by atoms with Crippen LogP contribution >= 0.6 is 0 Å². The lowest BCUT2D eigenvalue weighted by Crippen LogP contribution is -2.42. The number of aryl methyl sites for hydroxylation is 2. The Hall–Kier alpha value is -9.62. The van der Waals surface area contributed by atoms with E-state index in [2.05, 4.69) is 41.2 Å². The zero-order chi connectivity index (χ0) is 81.5. The molecule has 0 saturated carbocycles. The molecule has 0 fully saturated rings. The molecule has 0 aliphatic rings. The number of esters is 4. The third kappa shape index (κ3) is 35.2. The minimum Gasteiger partial charge on any atom is -0.483 e. The molecule has 4 aromatic heterocycles. The first kappa shape index (κ1) is 90.9. The number of hydrogen-bond acceptors (Lipinski definition) is 30. The van der Waals surface area contributed by atoms with Crippen LogP contribution in [-0.4, -0.2) is 247 Å². The smallest absolute Gasteiger partial charge is 0.308 e. The molecule has 4 aromatic carbocycles. The number of nitrogens with zero attached hydrogens (tertiary/aromatic N) is 12. The molecule has 0 aliphatic heterocycles. The summed E-state index contributed by atoms with van der Waals surface area (Å²) in [6, 6.07) is 21.9. The van der Waals surface area contributed by atoms with Crippen LogP contribution < -0.4 is 37.9 Å². The van der Waals surface area contributed by atoms with Crippen LogP contribution in [0.15, 0.2) is 97.6 Å². The van der Waals surface area contributed by atoms with Gasteiger partial charge in [-0.3, -0.25) is 28.5 Å². The molecular formula is C77H108B4N12O22. The van der Waals surface area contributed by atoms with E-state index in [0.29, 0.717) is 200 Å². The number of carbonyl (C=O) groups is 4. The summed E-state index contributed by atoms with van der Waals surface area (Å²) in [7, 11) is 8.14. The minimum atomic E-state index is -0.770. The van der Waals surface area contributed by atoms with Gasteiger partial charge >= 0.3 is 23.9 Å². The van der Waals surface area contributed by atoms with Crippen molar-refractivity contribution in [3.63, 3.8) is 0 Å². The van der Waals surface area contributed by atoms with Gasteiger partial charge < -0.3 is 85.3 Å². The zero-order valence-corrected chi connectivity index (χ0v) is 67.5. The third-order valence-corrected chi connectivity index (χ3v) is 17.1. The van der Waals surface area contributed by atoms with Crippen molar-refractivity contribution >= 4 is 55.3 Å². The van der Waals surface area contributed by atoms with E-state index in [1.807, 2.05) is 92.3 Å². The Bertz CT molecular complexity index is 3910. The van der Waals surface area contributed by atoms with Crippen molar-refractivity contribution in [2.75, 3.05) is 132 Å². The fraction of sp³-hybridized carbons (Fsp3) is 0.532. The van der Waals surface area contributed by atoms with E-state index in [9.17, 15) is 19.2 Å². The second kappa shape index (κ2) is 52.1. The minimum absolute atomic E-state index is 0.113. The van der Waals surface area contributed by atoms with E-state index in [0.717, 1.165) is 47.5 Å². The molecule has 0 bridgehead atoms. The van der Waals surface area contributed by atoms with Gasteiger partial charge in [0, 0.05) is 80.4 Å². The number of aromatic nitrogens is 12. The molecule has 8 aromatic rings. The van der Waals surface area contributed by atoms with Crippen molar-refractivity contribution < 1.29 is 104 Å². The Morgan fingerprint density at radius 2 is 0.530 bits per heavy atom. The first-order chi connectivity index (χ1) is 56.1. The van der Waals surface area contributed by atoms with Crippen molar-refractivity contribution in [3.8, 4) is 46.0 Å². The maximum absolute atomic E-state index is 11.8. The number of ether oxygens (including phenoxy) is 18. The van der Waals surface area contributed by atoms with Gasteiger partial charge in [-0.15, -0.1) is 20.4 Å². The van der Waals surface area contributed by atoms with Gasteiger partial charge in [-0.05, 0) is 74.2 Å². The van der Waals surface area contributed by atoms with Crippen molar-refractivity contribution in [1.29, 1.82) is 0 Å². The summed E-state index contributed by atoms with van der Waals surface area (Å²) in [4.78, 5) is 46.9. The maximum Gasteiger partial charge on any atom is 0.308 e. The van der Waals surface area contributed by atoms with Crippen LogP contribution in [0, 0.1) is 5.41 Å². The molecule has 34 nitrogen and oxygen atoms in total. The summed E-state index contributed by atoms with van der Waals surface area (Å²) in [5.41, 5.74) is 5.82. The highest BCUT2D eigenvalue weighted by atomic mass is 16.6. The van der Waals surface area contributed by atoms with Crippen molar-refractivity contribution in [2.24, 2.45) is 5.41 Å². The predicted octanol–water partition coefficient (Wildman–Crippen LogP) is 3.42. The second-order valence-corrected chi connectivity index (χ2v) is 26.8. The van der Waals surface area contributed by atoms with E-state index in [4.69, 9.17) is 85.3 Å². The van der Waals surface area contributed by atoms with Crippen molar-refractivity contribution in [3.05, 3.63) is 143 Å². The van der Waals surface area contributed by atoms with Crippen LogP contribution in [0.25, 0.3) is 0 Å². The Balaban J connectivity index is 0.793. The number of rotatable bonds is 62. The molecule has 620 valence electrons. The summed E-state index contributed by atoms with van der Waals surface area (Å²) in [6.45, 7) is 14.8. The molecule has 0 aliphatic carbocycles. The zero-order valence-electron chi connectivity index (χ0n) is 67.5. The summed E-state index contributed by atoms with van der Waals surface area (Å²) in [6.07, 6.45) is 13.0. The highest BCUT2D eigenvalue weighted by molar-refractivity contribution is 6.09. The fourth-order valence-electron chi connectivity index (χ4n) is 11.1. The molecule has 8 rings (SSSR count). The average molecular weight is 1600 g/mol. The Labute approximate surface area is 674 Å². The highest BCUT2D eigenvalue weighted by Gasteiger charge is 2.33. The Kier molecular flexibility index (Phi) is 41.2. The van der Waals surface area contributed by atoms with Crippen LogP contribution in [0.5, 0.6) is 46.0 Å². The van der Waals surface area contributed by atoms with Crippen molar-refractivity contribution in [2.45, 2.75) is 131 Å². The van der Waals surface area contributed by atoms with Gasteiger partial charge in [0.1, 0.15) is 80.6 Å². The standard InChI is InChI=1S/C77H108B4N12O22/c1-57(94)112-69-13-9-61(41-78)37-73(69)108-49-65-45-90(86-82-65)17-5-21-98-29-31-100-23-7-25-104-53-77(55-106-35-33-102-27-19-92-47-67(84-88-92)51-110-75-39-63(43-80)11-15-71(75)114-59(3)96,56-107-36-34-103-28-20-93-48-68(85-89-93)52-111-76-40-64(44-81)12-16-72(76)115-60(4)97)54-105-26-8-24-101-32-30-99-22-6-18-91-46-66(83-87-91)50-109-74-38-62(42-79)10-14-70(74)113-58(2)95/h9-16,37-40,45-48H,5-8,17-36,41-44,49-56,78-81H2,1-4H3. The van der Waals surface area contributed by atoms with Crippen LogP contribution in [-0.2, 0) is 144 Å². The molecule has 38 heteroatoms.